The molecule has 1 aliphatic rings. The van der Waals surface area contributed by atoms with Crippen LogP contribution in [0, 0.1) is 0 Å². The van der Waals surface area contributed by atoms with E-state index in [-0.39, 0.29) is 5.91 Å². The van der Waals surface area contributed by atoms with Crippen LogP contribution in [0.15, 0.2) is 43.1 Å². The van der Waals surface area contributed by atoms with Crippen LogP contribution in [0.5, 0.6) is 0 Å². The summed E-state index contributed by atoms with van der Waals surface area (Å²) in [7, 11) is 1.75. The Bertz CT molecular complexity index is 864. The van der Waals surface area contributed by atoms with Gasteiger partial charge >= 0.3 is 0 Å². The van der Waals surface area contributed by atoms with Crippen molar-refractivity contribution in [1.29, 1.82) is 0 Å². The number of carbonyl (C=O) groups is 1. The molecule has 1 fully saturated rings. The lowest BCUT2D eigenvalue weighted by Gasteiger charge is -2.35. The summed E-state index contributed by atoms with van der Waals surface area (Å²) in [4.78, 5) is 25.1. The van der Waals surface area contributed by atoms with Crippen LogP contribution in [-0.2, 0) is 7.05 Å². The van der Waals surface area contributed by atoms with Crippen molar-refractivity contribution < 1.29 is 4.79 Å². The summed E-state index contributed by atoms with van der Waals surface area (Å²) in [5.74, 6) is 1.61. The van der Waals surface area contributed by atoms with Gasteiger partial charge in [0.05, 0.1) is 6.20 Å². The monoisotopic (exact) mass is 338 g/mol. The lowest BCUT2D eigenvalue weighted by Crippen LogP contribution is -2.49. The molecule has 4 heterocycles. The molecular weight excluding hydrogens is 320 g/mol. The Balaban J connectivity index is 1.44. The third-order valence-electron chi connectivity index (χ3n) is 4.22. The first kappa shape index (κ1) is 15.3. The highest BCUT2D eigenvalue weighted by atomic mass is 16.2. The van der Waals surface area contributed by atoms with E-state index in [4.69, 9.17) is 0 Å². The maximum Gasteiger partial charge on any atom is 0.276 e. The summed E-state index contributed by atoms with van der Waals surface area (Å²) < 4.78 is 3.48. The van der Waals surface area contributed by atoms with Gasteiger partial charge in [0.15, 0.2) is 5.69 Å². The van der Waals surface area contributed by atoms with Gasteiger partial charge < -0.3 is 14.4 Å². The molecule has 128 valence electrons. The Morgan fingerprint density at radius 2 is 1.76 bits per heavy atom. The lowest BCUT2D eigenvalue weighted by atomic mass is 10.3. The van der Waals surface area contributed by atoms with Crippen LogP contribution < -0.4 is 4.90 Å². The quantitative estimate of drug-likeness (QED) is 0.685. The SMILES string of the molecule is Cn1cc(C(=O)N2CCN(c3cc(-n4cccc4)ncn3)CC2)nn1. The van der Waals surface area contributed by atoms with E-state index < -0.39 is 0 Å². The van der Waals surface area contributed by atoms with Crippen LogP contribution in [0.25, 0.3) is 5.82 Å². The second-order valence-corrected chi connectivity index (χ2v) is 5.88. The van der Waals surface area contributed by atoms with Gasteiger partial charge in [-0.1, -0.05) is 5.21 Å². The van der Waals surface area contributed by atoms with Crippen LogP contribution in [0.3, 0.4) is 0 Å². The first-order chi connectivity index (χ1) is 12.2. The number of anilines is 1. The van der Waals surface area contributed by atoms with Crippen molar-refractivity contribution in [2.45, 2.75) is 0 Å². The van der Waals surface area contributed by atoms with Crippen LogP contribution in [0.2, 0.25) is 0 Å². The van der Waals surface area contributed by atoms with Gasteiger partial charge in [0, 0.05) is 51.7 Å². The molecule has 3 aromatic heterocycles. The largest absolute Gasteiger partial charge is 0.353 e. The van der Waals surface area contributed by atoms with Gasteiger partial charge in [-0.15, -0.1) is 5.10 Å². The fourth-order valence-corrected chi connectivity index (χ4v) is 2.88. The number of rotatable bonds is 3. The molecule has 9 heteroatoms. The average Bonchev–Trinajstić information content (AvgIpc) is 3.33. The highest BCUT2D eigenvalue weighted by molar-refractivity contribution is 5.92. The van der Waals surface area contributed by atoms with Gasteiger partial charge in [0.25, 0.3) is 5.91 Å². The number of hydrogen-bond donors (Lipinski definition) is 0. The molecule has 0 saturated carbocycles. The third-order valence-corrected chi connectivity index (χ3v) is 4.22. The topological polar surface area (TPSA) is 85.0 Å². The lowest BCUT2D eigenvalue weighted by molar-refractivity contribution is 0.0740. The molecule has 0 aliphatic carbocycles. The predicted octanol–water partition coefficient (Wildman–Crippen LogP) is 0.358. The number of aryl methyl sites for hydroxylation is 1. The van der Waals surface area contributed by atoms with Crippen LogP contribution in [0.4, 0.5) is 5.82 Å². The summed E-state index contributed by atoms with van der Waals surface area (Å²) in [5.41, 5.74) is 0.382. The van der Waals surface area contributed by atoms with E-state index in [1.165, 1.54) is 4.68 Å². The average molecular weight is 338 g/mol. The Hall–Kier alpha value is -3.23. The van der Waals surface area contributed by atoms with E-state index in [1.54, 1.807) is 24.5 Å². The molecule has 0 aromatic carbocycles. The van der Waals surface area contributed by atoms with E-state index in [2.05, 4.69) is 25.2 Å². The molecule has 0 spiro atoms. The Kier molecular flexibility index (Phi) is 3.88. The van der Waals surface area contributed by atoms with Crippen LogP contribution in [-0.4, -0.2) is 66.5 Å². The third kappa shape index (κ3) is 3.08. The number of carbonyl (C=O) groups excluding carboxylic acids is 1. The standard InChI is InChI=1S/C16H18N8O/c1-21-11-13(19-20-21)16(25)24-8-6-23(7-9-24)15-10-14(17-12-18-15)22-4-2-3-5-22/h2-5,10-12H,6-9H2,1H3. The smallest absolute Gasteiger partial charge is 0.276 e. The van der Waals surface area contributed by atoms with Crippen molar-refractivity contribution in [2.24, 2.45) is 7.05 Å². The first-order valence-electron chi connectivity index (χ1n) is 8.06. The summed E-state index contributed by atoms with van der Waals surface area (Å²) in [6, 6.07) is 5.87. The van der Waals surface area contributed by atoms with Crippen molar-refractivity contribution in [3.8, 4) is 5.82 Å². The van der Waals surface area contributed by atoms with E-state index in [1.807, 2.05) is 35.2 Å². The fraction of sp³-hybridized carbons (Fsp3) is 0.312. The minimum atomic E-state index is -0.0801. The molecule has 0 radical (unpaired) electrons. The Morgan fingerprint density at radius 1 is 1.04 bits per heavy atom. The van der Waals surface area contributed by atoms with E-state index >= 15 is 0 Å². The molecule has 0 N–H and O–H groups in total. The fourth-order valence-electron chi connectivity index (χ4n) is 2.88. The molecule has 1 aliphatic heterocycles. The zero-order chi connectivity index (χ0) is 17.2. The number of aromatic nitrogens is 6. The maximum atomic E-state index is 12.4. The molecule has 1 saturated heterocycles. The number of piperazine rings is 1. The number of hydrogen-bond acceptors (Lipinski definition) is 6. The van der Waals surface area contributed by atoms with E-state index in [0.29, 0.717) is 31.9 Å². The van der Waals surface area contributed by atoms with Crippen molar-refractivity contribution >= 4 is 11.7 Å². The Labute approximate surface area is 144 Å². The van der Waals surface area contributed by atoms with Gasteiger partial charge in [0.2, 0.25) is 0 Å². The first-order valence-corrected chi connectivity index (χ1v) is 8.06. The molecule has 0 atom stereocenters. The molecule has 0 bridgehead atoms. The summed E-state index contributed by atoms with van der Waals surface area (Å²) in [6.45, 7) is 2.68. The van der Waals surface area contributed by atoms with Crippen molar-refractivity contribution in [3.05, 3.63) is 48.8 Å². The Morgan fingerprint density at radius 3 is 2.44 bits per heavy atom. The highest BCUT2D eigenvalue weighted by Crippen LogP contribution is 2.17. The van der Waals surface area contributed by atoms with Crippen LogP contribution in [0.1, 0.15) is 10.5 Å². The van der Waals surface area contributed by atoms with Crippen LogP contribution >= 0.6 is 0 Å². The minimum Gasteiger partial charge on any atom is -0.353 e. The summed E-state index contributed by atoms with van der Waals surface area (Å²) >= 11 is 0. The zero-order valence-electron chi connectivity index (χ0n) is 13.9. The van der Waals surface area contributed by atoms with E-state index in [9.17, 15) is 4.79 Å². The second-order valence-electron chi connectivity index (χ2n) is 5.88. The summed E-state index contributed by atoms with van der Waals surface area (Å²) in [5, 5.41) is 7.71. The zero-order valence-corrected chi connectivity index (χ0v) is 13.9. The van der Waals surface area contributed by atoms with E-state index in [0.717, 1.165) is 11.6 Å². The predicted molar refractivity (Wildman–Crippen MR) is 90.5 cm³/mol. The van der Waals surface area contributed by atoms with Gasteiger partial charge in [0.1, 0.15) is 18.0 Å². The molecule has 9 nitrogen and oxygen atoms in total. The second kappa shape index (κ2) is 6.34. The number of nitrogens with zero attached hydrogens (tertiary/aromatic N) is 8. The van der Waals surface area contributed by atoms with Crippen molar-refractivity contribution in [2.75, 3.05) is 31.1 Å². The maximum absolute atomic E-state index is 12.4. The molecule has 25 heavy (non-hydrogen) atoms. The molecule has 1 amide bonds. The molecule has 0 unspecified atom stereocenters. The normalized spacial score (nSPS) is 14.8. The van der Waals surface area contributed by atoms with Gasteiger partial charge in [-0.05, 0) is 12.1 Å². The van der Waals surface area contributed by atoms with Crippen molar-refractivity contribution in [1.82, 2.24) is 34.4 Å². The summed E-state index contributed by atoms with van der Waals surface area (Å²) in [6.07, 6.45) is 7.11. The molecule has 3 aromatic rings. The molecule has 4 rings (SSSR count). The van der Waals surface area contributed by atoms with Crippen molar-refractivity contribution in [3.63, 3.8) is 0 Å². The number of amides is 1. The minimum absolute atomic E-state index is 0.0801. The van der Waals surface area contributed by atoms with Gasteiger partial charge in [-0.2, -0.15) is 0 Å². The van der Waals surface area contributed by atoms with Gasteiger partial charge in [-0.3, -0.25) is 9.48 Å². The highest BCUT2D eigenvalue weighted by Gasteiger charge is 2.24. The van der Waals surface area contributed by atoms with Gasteiger partial charge in [-0.25, -0.2) is 9.97 Å². The molecular formula is C16H18N8O.